The van der Waals surface area contributed by atoms with Gasteiger partial charge in [-0.05, 0) is 38.0 Å². The van der Waals surface area contributed by atoms with Crippen molar-refractivity contribution in [2.24, 2.45) is 11.8 Å². The van der Waals surface area contributed by atoms with Crippen LogP contribution >= 0.6 is 0 Å². The van der Waals surface area contributed by atoms with Gasteiger partial charge in [0, 0.05) is 25.0 Å². The van der Waals surface area contributed by atoms with Crippen LogP contribution in [0.1, 0.15) is 45.4 Å². The van der Waals surface area contributed by atoms with Gasteiger partial charge in [0.2, 0.25) is 5.91 Å². The molecule has 2 aliphatic carbocycles. The second kappa shape index (κ2) is 5.67. The molecule has 2 unspecified atom stereocenters. The number of carbonyl (C=O) groups is 1. The van der Waals surface area contributed by atoms with Gasteiger partial charge in [0.15, 0.2) is 0 Å². The van der Waals surface area contributed by atoms with E-state index in [9.17, 15) is 4.79 Å². The summed E-state index contributed by atoms with van der Waals surface area (Å²) >= 11 is 0. The molecule has 0 aromatic carbocycles. The molecule has 0 aromatic rings. The monoisotopic (exact) mass is 224 g/mol. The minimum atomic E-state index is 0.264. The fourth-order valence-corrected chi connectivity index (χ4v) is 2.58. The second-order valence-corrected chi connectivity index (χ2v) is 5.30. The van der Waals surface area contributed by atoms with Gasteiger partial charge in [-0.3, -0.25) is 4.79 Å². The van der Waals surface area contributed by atoms with Gasteiger partial charge in [0.25, 0.3) is 0 Å². The molecule has 3 nitrogen and oxygen atoms in total. The number of carbonyl (C=O) groups excluding carboxylic acids is 1. The first-order valence-electron chi connectivity index (χ1n) is 6.80. The number of nitrogens with one attached hydrogen (secondary N) is 2. The molecule has 2 aliphatic rings. The maximum absolute atomic E-state index is 11.4. The molecule has 0 aromatic heterocycles. The molecule has 0 bridgehead atoms. The quantitative estimate of drug-likeness (QED) is 0.674. The van der Waals surface area contributed by atoms with Crippen LogP contribution in [0.3, 0.4) is 0 Å². The van der Waals surface area contributed by atoms with E-state index >= 15 is 0 Å². The van der Waals surface area contributed by atoms with Crippen molar-refractivity contribution >= 4 is 5.91 Å². The Balaban J connectivity index is 1.50. The lowest BCUT2D eigenvalue weighted by Crippen LogP contribution is -2.36. The highest BCUT2D eigenvalue weighted by Crippen LogP contribution is 2.29. The number of amides is 1. The molecule has 2 atom stereocenters. The zero-order chi connectivity index (χ0) is 11.4. The molecule has 2 fully saturated rings. The molecule has 3 heteroatoms. The Bertz CT molecular complexity index is 238. The van der Waals surface area contributed by atoms with Crippen molar-refractivity contribution in [3.63, 3.8) is 0 Å². The van der Waals surface area contributed by atoms with Gasteiger partial charge in [0.05, 0.1) is 0 Å². The third-order valence-electron chi connectivity index (χ3n) is 3.92. The number of hydrogen-bond acceptors (Lipinski definition) is 2. The third kappa shape index (κ3) is 3.48. The molecular weight excluding hydrogens is 200 g/mol. The molecule has 0 radical (unpaired) electrons. The summed E-state index contributed by atoms with van der Waals surface area (Å²) in [6.07, 6.45) is 7.53. The highest BCUT2D eigenvalue weighted by Gasteiger charge is 2.29. The molecular formula is C13H24N2O. The summed E-state index contributed by atoms with van der Waals surface area (Å²) in [6, 6.07) is 0.697. The van der Waals surface area contributed by atoms with Crippen LogP contribution < -0.4 is 10.6 Å². The van der Waals surface area contributed by atoms with Gasteiger partial charge in [0.1, 0.15) is 0 Å². The lowest BCUT2D eigenvalue weighted by Gasteiger charge is -2.13. The van der Waals surface area contributed by atoms with Crippen molar-refractivity contribution in [1.82, 2.24) is 10.6 Å². The maximum Gasteiger partial charge on any atom is 0.223 e. The van der Waals surface area contributed by atoms with Crippen molar-refractivity contribution in [1.29, 1.82) is 0 Å². The Morgan fingerprint density at radius 3 is 2.62 bits per heavy atom. The van der Waals surface area contributed by atoms with Gasteiger partial charge in [-0.1, -0.05) is 13.3 Å². The van der Waals surface area contributed by atoms with Crippen LogP contribution in [0.5, 0.6) is 0 Å². The average Bonchev–Trinajstić information content (AvgIpc) is 3.04. The Morgan fingerprint density at radius 2 is 2.00 bits per heavy atom. The van der Waals surface area contributed by atoms with Gasteiger partial charge in [-0.25, -0.2) is 0 Å². The molecule has 0 heterocycles. The molecule has 2 rings (SSSR count). The maximum atomic E-state index is 11.4. The predicted molar refractivity (Wildman–Crippen MR) is 65.2 cm³/mol. The summed E-state index contributed by atoms with van der Waals surface area (Å²) in [7, 11) is 0. The summed E-state index contributed by atoms with van der Waals surface area (Å²) in [6.45, 7) is 4.01. The first-order chi connectivity index (χ1) is 7.79. The van der Waals surface area contributed by atoms with Crippen molar-refractivity contribution in [2.75, 3.05) is 13.1 Å². The zero-order valence-electron chi connectivity index (χ0n) is 10.3. The Hall–Kier alpha value is -0.570. The molecule has 0 spiro atoms. The molecule has 2 saturated carbocycles. The molecule has 1 amide bonds. The van der Waals surface area contributed by atoms with Crippen LogP contribution in [0, 0.1) is 11.8 Å². The topological polar surface area (TPSA) is 41.1 Å². The standard InChI is InChI=1S/C13H24N2O/c1-2-10-3-6-12(9-10)14-7-8-15-13(16)11-4-5-11/h10-12,14H,2-9H2,1H3,(H,15,16). The van der Waals surface area contributed by atoms with Crippen LogP contribution in [0.4, 0.5) is 0 Å². The first kappa shape index (κ1) is 11.9. The highest BCUT2D eigenvalue weighted by molar-refractivity contribution is 5.80. The Kier molecular flexibility index (Phi) is 4.22. The average molecular weight is 224 g/mol. The van der Waals surface area contributed by atoms with E-state index in [1.54, 1.807) is 0 Å². The van der Waals surface area contributed by atoms with E-state index in [4.69, 9.17) is 0 Å². The summed E-state index contributed by atoms with van der Waals surface area (Å²) in [5.74, 6) is 1.54. The smallest absolute Gasteiger partial charge is 0.223 e. The zero-order valence-corrected chi connectivity index (χ0v) is 10.3. The molecule has 2 N–H and O–H groups in total. The molecule has 0 saturated heterocycles. The Labute approximate surface area is 98.4 Å². The largest absolute Gasteiger partial charge is 0.355 e. The molecule has 16 heavy (non-hydrogen) atoms. The predicted octanol–water partition coefficient (Wildman–Crippen LogP) is 1.68. The van der Waals surface area contributed by atoms with Crippen molar-refractivity contribution in [3.8, 4) is 0 Å². The first-order valence-corrected chi connectivity index (χ1v) is 6.80. The lowest BCUT2D eigenvalue weighted by molar-refractivity contribution is -0.122. The van der Waals surface area contributed by atoms with Crippen LogP contribution in [-0.4, -0.2) is 25.0 Å². The van der Waals surface area contributed by atoms with Crippen molar-refractivity contribution < 1.29 is 4.79 Å². The fourth-order valence-electron chi connectivity index (χ4n) is 2.58. The second-order valence-electron chi connectivity index (χ2n) is 5.30. The highest BCUT2D eigenvalue weighted by atomic mass is 16.2. The van der Waals surface area contributed by atoms with Crippen molar-refractivity contribution in [2.45, 2.75) is 51.5 Å². The SMILES string of the molecule is CCC1CCC(NCCNC(=O)C2CC2)C1. The molecule has 92 valence electrons. The number of rotatable bonds is 6. The van der Waals surface area contributed by atoms with Crippen LogP contribution in [0.25, 0.3) is 0 Å². The number of hydrogen-bond donors (Lipinski definition) is 2. The summed E-state index contributed by atoms with van der Waals surface area (Å²) in [4.78, 5) is 11.4. The fraction of sp³-hybridized carbons (Fsp3) is 0.923. The summed E-state index contributed by atoms with van der Waals surface area (Å²) in [5, 5.41) is 6.54. The van der Waals surface area contributed by atoms with Gasteiger partial charge in [-0.15, -0.1) is 0 Å². The van der Waals surface area contributed by atoms with E-state index in [1.165, 1.54) is 25.7 Å². The van der Waals surface area contributed by atoms with Crippen LogP contribution in [-0.2, 0) is 4.79 Å². The van der Waals surface area contributed by atoms with E-state index in [0.717, 1.165) is 31.8 Å². The van der Waals surface area contributed by atoms with E-state index in [1.807, 2.05) is 0 Å². The van der Waals surface area contributed by atoms with E-state index in [0.29, 0.717) is 12.0 Å². The lowest BCUT2D eigenvalue weighted by atomic mass is 10.1. The minimum absolute atomic E-state index is 0.264. The normalized spacial score (nSPS) is 29.3. The summed E-state index contributed by atoms with van der Waals surface area (Å²) in [5.41, 5.74) is 0. The van der Waals surface area contributed by atoms with E-state index in [-0.39, 0.29) is 5.91 Å². The molecule has 0 aliphatic heterocycles. The van der Waals surface area contributed by atoms with E-state index < -0.39 is 0 Å². The van der Waals surface area contributed by atoms with Crippen LogP contribution in [0.2, 0.25) is 0 Å². The van der Waals surface area contributed by atoms with Crippen molar-refractivity contribution in [3.05, 3.63) is 0 Å². The van der Waals surface area contributed by atoms with Gasteiger partial charge in [-0.2, -0.15) is 0 Å². The summed E-state index contributed by atoms with van der Waals surface area (Å²) < 4.78 is 0. The van der Waals surface area contributed by atoms with Gasteiger partial charge >= 0.3 is 0 Å². The van der Waals surface area contributed by atoms with Gasteiger partial charge < -0.3 is 10.6 Å². The third-order valence-corrected chi connectivity index (χ3v) is 3.92. The minimum Gasteiger partial charge on any atom is -0.355 e. The van der Waals surface area contributed by atoms with Crippen LogP contribution in [0.15, 0.2) is 0 Å². The van der Waals surface area contributed by atoms with E-state index in [2.05, 4.69) is 17.6 Å². The Morgan fingerprint density at radius 1 is 1.19 bits per heavy atom.